The van der Waals surface area contributed by atoms with Gasteiger partial charge in [0.2, 0.25) is 0 Å². The van der Waals surface area contributed by atoms with E-state index in [1.54, 1.807) is 13.0 Å². The summed E-state index contributed by atoms with van der Waals surface area (Å²) in [6.07, 6.45) is 0. The highest BCUT2D eigenvalue weighted by atomic mass is 32.2. The van der Waals surface area contributed by atoms with Crippen molar-refractivity contribution in [2.24, 2.45) is 0 Å². The van der Waals surface area contributed by atoms with Crippen LogP contribution in [0.3, 0.4) is 0 Å². The summed E-state index contributed by atoms with van der Waals surface area (Å²) in [5.74, 6) is -1.38. The molecule has 0 spiro atoms. The number of esters is 1. The third-order valence-corrected chi connectivity index (χ3v) is 5.15. The van der Waals surface area contributed by atoms with Crippen LogP contribution >= 0.6 is 11.3 Å². The molecule has 2 aromatic rings. The molecule has 12 heteroatoms. The van der Waals surface area contributed by atoms with E-state index in [1.807, 2.05) is 0 Å². The van der Waals surface area contributed by atoms with Gasteiger partial charge in [-0.1, -0.05) is 0 Å². The van der Waals surface area contributed by atoms with E-state index >= 15 is 0 Å². The Bertz CT molecular complexity index is 1010. The van der Waals surface area contributed by atoms with Crippen LogP contribution < -0.4 is 4.18 Å². The minimum atomic E-state index is -5.90. The molecule has 0 fully saturated rings. The summed E-state index contributed by atoms with van der Waals surface area (Å²) < 4.78 is 68.0. The topological polar surface area (TPSA) is 106 Å². The Morgan fingerprint density at radius 1 is 1.35 bits per heavy atom. The summed E-state index contributed by atoms with van der Waals surface area (Å²) >= 11 is 0.954. The molecule has 0 aliphatic carbocycles. The zero-order chi connectivity index (χ0) is 19.7. The van der Waals surface area contributed by atoms with Gasteiger partial charge in [0.05, 0.1) is 18.4 Å². The molecule has 26 heavy (non-hydrogen) atoms. The Labute approximate surface area is 149 Å². The minimum Gasteiger partial charge on any atom is -0.465 e. The minimum absolute atomic E-state index is 0.223. The van der Waals surface area contributed by atoms with E-state index in [1.165, 1.54) is 13.2 Å². The van der Waals surface area contributed by atoms with Crippen LogP contribution in [0.15, 0.2) is 18.2 Å². The Morgan fingerprint density at radius 3 is 2.54 bits per heavy atom. The number of aromatic nitrogens is 1. The fourth-order valence-corrected chi connectivity index (χ4v) is 3.25. The van der Waals surface area contributed by atoms with E-state index in [4.69, 9.17) is 5.26 Å². The molecule has 0 unspecified atom stereocenters. The predicted molar refractivity (Wildman–Crippen MR) is 83.9 cm³/mol. The van der Waals surface area contributed by atoms with Gasteiger partial charge in [-0.05, 0) is 25.1 Å². The van der Waals surface area contributed by atoms with Gasteiger partial charge in [-0.15, -0.1) is 11.3 Å². The van der Waals surface area contributed by atoms with E-state index in [-0.39, 0.29) is 4.88 Å². The lowest BCUT2D eigenvalue weighted by atomic mass is 10.1. The van der Waals surface area contributed by atoms with Gasteiger partial charge in [-0.25, -0.2) is 9.78 Å². The summed E-state index contributed by atoms with van der Waals surface area (Å²) in [7, 11) is -4.71. The second-order valence-corrected chi connectivity index (χ2v) is 7.27. The predicted octanol–water partition coefficient (Wildman–Crippen LogP) is 3.01. The molecule has 0 amide bonds. The molecule has 2 rings (SSSR count). The van der Waals surface area contributed by atoms with E-state index in [9.17, 15) is 26.4 Å². The second kappa shape index (κ2) is 6.93. The highest BCUT2D eigenvalue weighted by molar-refractivity contribution is 7.88. The third kappa shape index (κ3) is 3.78. The molecule has 0 bridgehead atoms. The molecule has 0 saturated carbocycles. The summed E-state index contributed by atoms with van der Waals surface area (Å²) in [5.41, 5.74) is -5.40. The molecule has 0 saturated heterocycles. The Kier molecular flexibility index (Phi) is 5.24. The number of aryl methyl sites for hydroxylation is 1. The summed E-state index contributed by atoms with van der Waals surface area (Å²) in [4.78, 5) is 16.0. The maximum atomic E-state index is 12.4. The molecule has 0 radical (unpaired) electrons. The van der Waals surface area contributed by atoms with Crippen molar-refractivity contribution in [1.82, 2.24) is 4.98 Å². The zero-order valence-electron chi connectivity index (χ0n) is 13.1. The average Bonchev–Trinajstić information content (AvgIpc) is 2.95. The molecular weight excluding hydrogens is 397 g/mol. The monoisotopic (exact) mass is 406 g/mol. The lowest BCUT2D eigenvalue weighted by Gasteiger charge is -2.10. The molecule has 138 valence electrons. The number of halogens is 3. The number of carbonyl (C=O) groups is 1. The summed E-state index contributed by atoms with van der Waals surface area (Å²) in [6, 6.07) is 4.81. The van der Waals surface area contributed by atoms with E-state index in [0.29, 0.717) is 16.3 Å². The Balaban J connectivity index is 2.45. The molecule has 0 atom stereocenters. The van der Waals surface area contributed by atoms with Crippen molar-refractivity contribution in [3.63, 3.8) is 0 Å². The van der Waals surface area contributed by atoms with Crippen LogP contribution in [0.25, 0.3) is 10.6 Å². The number of ether oxygens (including phenoxy) is 1. The van der Waals surface area contributed by atoms with Crippen LogP contribution in [0, 0.1) is 18.3 Å². The quantitative estimate of drug-likeness (QED) is 0.436. The molecule has 0 aliphatic rings. The van der Waals surface area contributed by atoms with E-state index in [2.05, 4.69) is 13.9 Å². The van der Waals surface area contributed by atoms with Crippen LogP contribution in [0.5, 0.6) is 5.75 Å². The van der Waals surface area contributed by atoms with Crippen molar-refractivity contribution in [2.75, 3.05) is 7.11 Å². The average molecular weight is 406 g/mol. The van der Waals surface area contributed by atoms with Crippen molar-refractivity contribution in [3.05, 3.63) is 34.3 Å². The van der Waals surface area contributed by atoms with Crippen molar-refractivity contribution in [1.29, 1.82) is 5.26 Å². The number of carbonyl (C=O) groups excluding carboxylic acids is 1. The largest absolute Gasteiger partial charge is 0.534 e. The number of nitrogens with zero attached hydrogens (tertiary/aromatic N) is 2. The molecule has 1 aromatic carbocycles. The van der Waals surface area contributed by atoms with Gasteiger partial charge in [-0.2, -0.15) is 26.9 Å². The SMILES string of the molecule is COC(=O)c1sc(-c2ccc(OS(=O)(=O)C(F)(F)F)c(C#N)c2)nc1C. The summed E-state index contributed by atoms with van der Waals surface area (Å²) in [6.45, 7) is 1.56. The van der Waals surface area contributed by atoms with Gasteiger partial charge in [0.1, 0.15) is 16.0 Å². The van der Waals surface area contributed by atoms with Crippen LogP contribution in [0.1, 0.15) is 20.9 Å². The number of alkyl halides is 3. The van der Waals surface area contributed by atoms with Crippen LogP contribution in [-0.2, 0) is 14.9 Å². The van der Waals surface area contributed by atoms with E-state index < -0.39 is 32.9 Å². The first-order chi connectivity index (χ1) is 12.0. The number of nitriles is 1. The van der Waals surface area contributed by atoms with Gasteiger partial charge >= 0.3 is 21.6 Å². The second-order valence-electron chi connectivity index (χ2n) is 4.73. The Hall–Kier alpha value is -2.65. The number of hydrogen-bond donors (Lipinski definition) is 0. The third-order valence-electron chi connectivity index (χ3n) is 3.00. The van der Waals surface area contributed by atoms with Crippen LogP contribution in [-0.4, -0.2) is 32.0 Å². The van der Waals surface area contributed by atoms with E-state index in [0.717, 1.165) is 23.5 Å². The maximum absolute atomic E-state index is 12.4. The molecule has 0 aliphatic heterocycles. The lowest BCUT2D eigenvalue weighted by molar-refractivity contribution is -0.0500. The first kappa shape index (κ1) is 19.7. The van der Waals surface area contributed by atoms with Crippen molar-refractivity contribution < 1.29 is 35.3 Å². The van der Waals surface area contributed by atoms with Crippen molar-refractivity contribution in [2.45, 2.75) is 12.4 Å². The number of hydrogen-bond acceptors (Lipinski definition) is 8. The Morgan fingerprint density at radius 2 is 2.00 bits per heavy atom. The fourth-order valence-electron chi connectivity index (χ4n) is 1.79. The molecular formula is C14H9F3N2O5S2. The van der Waals surface area contributed by atoms with Gasteiger partial charge in [0, 0.05) is 5.56 Å². The zero-order valence-corrected chi connectivity index (χ0v) is 14.8. The number of rotatable bonds is 4. The number of thiazole rings is 1. The molecule has 1 heterocycles. The van der Waals surface area contributed by atoms with Crippen LogP contribution in [0.2, 0.25) is 0 Å². The first-order valence-corrected chi connectivity index (χ1v) is 8.83. The standard InChI is InChI=1S/C14H9F3N2O5S2/c1-7-11(13(20)23-2)25-12(19-7)8-3-4-10(9(5-8)6-18)24-26(21,22)14(15,16)17/h3-5H,1-2H3. The highest BCUT2D eigenvalue weighted by Crippen LogP contribution is 2.33. The molecule has 0 N–H and O–H groups in total. The molecule has 1 aromatic heterocycles. The van der Waals surface area contributed by atoms with Gasteiger partial charge in [0.15, 0.2) is 5.75 Å². The maximum Gasteiger partial charge on any atom is 0.534 e. The highest BCUT2D eigenvalue weighted by Gasteiger charge is 2.48. The van der Waals surface area contributed by atoms with Crippen LogP contribution in [0.4, 0.5) is 13.2 Å². The lowest BCUT2D eigenvalue weighted by Crippen LogP contribution is -2.28. The first-order valence-electron chi connectivity index (χ1n) is 6.61. The van der Waals surface area contributed by atoms with Crippen molar-refractivity contribution >= 4 is 27.4 Å². The van der Waals surface area contributed by atoms with Gasteiger partial charge in [0.25, 0.3) is 0 Å². The van der Waals surface area contributed by atoms with Gasteiger partial charge < -0.3 is 8.92 Å². The summed E-state index contributed by atoms with van der Waals surface area (Å²) in [5, 5.41) is 9.37. The number of methoxy groups -OCH3 is 1. The van der Waals surface area contributed by atoms with Gasteiger partial charge in [-0.3, -0.25) is 0 Å². The number of benzene rings is 1. The molecule has 7 nitrogen and oxygen atoms in total. The smallest absolute Gasteiger partial charge is 0.465 e. The van der Waals surface area contributed by atoms with Crippen molar-refractivity contribution in [3.8, 4) is 22.4 Å². The fraction of sp³-hybridized carbons (Fsp3) is 0.214. The normalized spacial score (nSPS) is 11.7.